The molecule has 0 aliphatic carbocycles. The van der Waals surface area contributed by atoms with Crippen LogP contribution < -0.4 is 0 Å². The zero-order chi connectivity index (χ0) is 12.3. The van der Waals surface area contributed by atoms with E-state index < -0.39 is 24.8 Å². The van der Waals surface area contributed by atoms with Crippen LogP contribution >= 0.6 is 0 Å². The number of aromatic carboxylic acids is 1. The van der Waals surface area contributed by atoms with Gasteiger partial charge in [0, 0.05) is 5.56 Å². The van der Waals surface area contributed by atoms with Crippen LogP contribution in [0.4, 0.5) is 0 Å². The standard InChI is InChI=1S/C10H12O6/c11-4-8(13)9(14)6-3-5(10(15)16)1-2-7(6)12/h1-3,8-9,11-14H,4H2,(H,15,16). The van der Waals surface area contributed by atoms with E-state index in [4.69, 9.17) is 10.2 Å². The van der Waals surface area contributed by atoms with Gasteiger partial charge >= 0.3 is 5.97 Å². The van der Waals surface area contributed by atoms with Crippen molar-refractivity contribution in [3.63, 3.8) is 0 Å². The van der Waals surface area contributed by atoms with Crippen molar-refractivity contribution in [1.29, 1.82) is 0 Å². The third-order valence-electron chi connectivity index (χ3n) is 2.14. The van der Waals surface area contributed by atoms with Crippen molar-refractivity contribution in [2.24, 2.45) is 0 Å². The number of rotatable bonds is 4. The molecule has 1 rings (SSSR count). The summed E-state index contributed by atoms with van der Waals surface area (Å²) in [5, 5.41) is 45.4. The number of hydrogen-bond acceptors (Lipinski definition) is 5. The van der Waals surface area contributed by atoms with Crippen LogP contribution in [0.2, 0.25) is 0 Å². The lowest BCUT2D eigenvalue weighted by Gasteiger charge is -2.17. The normalized spacial score (nSPS) is 14.4. The zero-order valence-corrected chi connectivity index (χ0v) is 8.24. The van der Waals surface area contributed by atoms with Crippen LogP contribution in [0.15, 0.2) is 18.2 Å². The van der Waals surface area contributed by atoms with Gasteiger partial charge in [-0.05, 0) is 18.2 Å². The highest BCUT2D eigenvalue weighted by Gasteiger charge is 2.21. The number of carboxylic acid groups (broad SMARTS) is 1. The van der Waals surface area contributed by atoms with E-state index in [1.165, 1.54) is 6.07 Å². The summed E-state index contributed by atoms with van der Waals surface area (Å²) in [4.78, 5) is 10.7. The van der Waals surface area contributed by atoms with Gasteiger partial charge in [0.25, 0.3) is 0 Å². The minimum atomic E-state index is -1.54. The molecule has 16 heavy (non-hydrogen) atoms. The Hall–Kier alpha value is -1.63. The van der Waals surface area contributed by atoms with Gasteiger partial charge in [-0.1, -0.05) is 0 Å². The van der Waals surface area contributed by atoms with E-state index in [0.717, 1.165) is 12.1 Å². The smallest absolute Gasteiger partial charge is 0.335 e. The Bertz CT molecular complexity index is 389. The molecule has 2 unspecified atom stereocenters. The van der Waals surface area contributed by atoms with Gasteiger partial charge in [0.15, 0.2) is 0 Å². The van der Waals surface area contributed by atoms with E-state index >= 15 is 0 Å². The highest BCUT2D eigenvalue weighted by atomic mass is 16.4. The molecule has 0 heterocycles. The zero-order valence-electron chi connectivity index (χ0n) is 8.24. The van der Waals surface area contributed by atoms with Crippen molar-refractivity contribution in [2.75, 3.05) is 6.61 Å². The number of aromatic hydroxyl groups is 1. The molecule has 0 aliphatic rings. The maximum Gasteiger partial charge on any atom is 0.335 e. The first-order chi connectivity index (χ1) is 7.47. The molecule has 0 saturated heterocycles. The fraction of sp³-hybridized carbons (Fsp3) is 0.300. The summed E-state index contributed by atoms with van der Waals surface area (Å²) in [6, 6.07) is 3.31. The van der Waals surface area contributed by atoms with Crippen LogP contribution in [0, 0.1) is 0 Å². The van der Waals surface area contributed by atoms with E-state index in [9.17, 15) is 20.1 Å². The third-order valence-corrected chi connectivity index (χ3v) is 2.14. The number of hydrogen-bond donors (Lipinski definition) is 5. The molecule has 1 aromatic rings. The van der Waals surface area contributed by atoms with Gasteiger partial charge in [0.1, 0.15) is 18.0 Å². The van der Waals surface area contributed by atoms with E-state index in [2.05, 4.69) is 0 Å². The van der Waals surface area contributed by atoms with Crippen molar-refractivity contribution in [3.8, 4) is 5.75 Å². The summed E-state index contributed by atoms with van der Waals surface area (Å²) in [5.74, 6) is -1.56. The highest BCUT2D eigenvalue weighted by Crippen LogP contribution is 2.27. The number of aliphatic hydroxyl groups is 3. The minimum absolute atomic E-state index is 0.128. The molecule has 0 fully saturated rings. The summed E-state index contributed by atoms with van der Waals surface area (Å²) in [6.45, 7) is -0.697. The Kier molecular flexibility index (Phi) is 3.83. The molecule has 2 atom stereocenters. The molecule has 88 valence electrons. The van der Waals surface area contributed by atoms with Gasteiger partial charge in [-0.25, -0.2) is 4.79 Å². The molecule has 0 saturated carbocycles. The average molecular weight is 228 g/mol. The Morgan fingerprint density at radius 3 is 2.44 bits per heavy atom. The van der Waals surface area contributed by atoms with Crippen LogP contribution in [0.1, 0.15) is 22.0 Å². The number of carboxylic acids is 1. The van der Waals surface area contributed by atoms with E-state index in [1.54, 1.807) is 0 Å². The predicted molar refractivity (Wildman–Crippen MR) is 53.1 cm³/mol. The van der Waals surface area contributed by atoms with Gasteiger partial charge < -0.3 is 25.5 Å². The van der Waals surface area contributed by atoms with E-state index in [0.29, 0.717) is 0 Å². The second-order valence-electron chi connectivity index (χ2n) is 3.27. The molecule has 0 aromatic heterocycles. The molecule has 5 N–H and O–H groups in total. The quantitative estimate of drug-likeness (QED) is 0.473. The van der Waals surface area contributed by atoms with Gasteiger partial charge in [-0.15, -0.1) is 0 Å². The lowest BCUT2D eigenvalue weighted by atomic mass is 10.0. The molecule has 6 heteroatoms. The number of carbonyl (C=O) groups is 1. The summed E-state index contributed by atoms with van der Waals surface area (Å²) >= 11 is 0. The molecular weight excluding hydrogens is 216 g/mol. The number of phenols is 1. The maximum atomic E-state index is 10.7. The monoisotopic (exact) mass is 228 g/mol. The average Bonchev–Trinajstić information content (AvgIpc) is 2.27. The molecule has 0 aliphatic heterocycles. The molecule has 1 aromatic carbocycles. The van der Waals surface area contributed by atoms with Crippen molar-refractivity contribution in [2.45, 2.75) is 12.2 Å². The largest absolute Gasteiger partial charge is 0.508 e. The number of benzene rings is 1. The fourth-order valence-corrected chi connectivity index (χ4v) is 1.23. The van der Waals surface area contributed by atoms with E-state index in [1.807, 2.05) is 0 Å². The molecule has 0 bridgehead atoms. The molecular formula is C10H12O6. The van der Waals surface area contributed by atoms with Gasteiger partial charge in [-0.2, -0.15) is 0 Å². The minimum Gasteiger partial charge on any atom is -0.508 e. The van der Waals surface area contributed by atoms with Crippen molar-refractivity contribution < 1.29 is 30.3 Å². The molecule has 0 amide bonds. The van der Waals surface area contributed by atoms with Crippen molar-refractivity contribution >= 4 is 5.97 Å². The first-order valence-electron chi connectivity index (χ1n) is 4.50. The Morgan fingerprint density at radius 1 is 1.31 bits per heavy atom. The molecule has 0 spiro atoms. The van der Waals surface area contributed by atoms with E-state index in [-0.39, 0.29) is 16.9 Å². The van der Waals surface area contributed by atoms with Crippen LogP contribution in [0.25, 0.3) is 0 Å². The molecule has 6 nitrogen and oxygen atoms in total. The van der Waals surface area contributed by atoms with Crippen LogP contribution in [0.5, 0.6) is 5.75 Å². The summed E-state index contributed by atoms with van der Waals surface area (Å²) in [7, 11) is 0. The first-order valence-corrected chi connectivity index (χ1v) is 4.50. The van der Waals surface area contributed by atoms with Crippen LogP contribution in [-0.2, 0) is 0 Å². The number of aliphatic hydroxyl groups excluding tert-OH is 3. The topological polar surface area (TPSA) is 118 Å². The van der Waals surface area contributed by atoms with Gasteiger partial charge in [-0.3, -0.25) is 0 Å². The SMILES string of the molecule is O=C(O)c1ccc(O)c(C(O)C(O)CO)c1. The lowest BCUT2D eigenvalue weighted by molar-refractivity contribution is -0.0162. The predicted octanol–water partition coefficient (Wildman–Crippen LogP) is -0.523. The van der Waals surface area contributed by atoms with Gasteiger partial charge in [0.05, 0.1) is 12.2 Å². The summed E-state index contributed by atoms with van der Waals surface area (Å²) < 4.78 is 0. The third kappa shape index (κ3) is 2.48. The molecule has 0 radical (unpaired) electrons. The Labute approximate surface area is 91.0 Å². The first kappa shape index (κ1) is 12.4. The van der Waals surface area contributed by atoms with Crippen LogP contribution in [-0.4, -0.2) is 44.2 Å². The van der Waals surface area contributed by atoms with Gasteiger partial charge in [0.2, 0.25) is 0 Å². The Balaban J connectivity index is 3.11. The number of phenolic OH excluding ortho intramolecular Hbond substituents is 1. The lowest BCUT2D eigenvalue weighted by Crippen LogP contribution is -2.22. The fourth-order valence-electron chi connectivity index (χ4n) is 1.23. The summed E-state index contributed by atoms with van der Waals surface area (Å²) in [5.41, 5.74) is -0.265. The highest BCUT2D eigenvalue weighted by molar-refractivity contribution is 5.88. The van der Waals surface area contributed by atoms with Crippen molar-refractivity contribution in [3.05, 3.63) is 29.3 Å². The summed E-state index contributed by atoms with van der Waals surface area (Å²) in [6.07, 6.45) is -3.01. The Morgan fingerprint density at radius 2 is 1.94 bits per heavy atom. The van der Waals surface area contributed by atoms with Crippen molar-refractivity contribution in [1.82, 2.24) is 0 Å². The second-order valence-corrected chi connectivity index (χ2v) is 3.27. The second kappa shape index (κ2) is 4.93. The van der Waals surface area contributed by atoms with Crippen LogP contribution in [0.3, 0.4) is 0 Å². The maximum absolute atomic E-state index is 10.7.